The van der Waals surface area contributed by atoms with E-state index in [1.54, 1.807) is 0 Å². The Morgan fingerprint density at radius 2 is 1.93 bits per heavy atom. The smallest absolute Gasteiger partial charge is 0.139 e. The summed E-state index contributed by atoms with van der Waals surface area (Å²) in [5.74, 6) is 3.48. The fourth-order valence-electron chi connectivity index (χ4n) is 8.12. The molecule has 3 heteroatoms. The normalized spacial score (nSPS) is 52.4. The first kappa shape index (κ1) is 18.7. The van der Waals surface area contributed by atoms with Crippen LogP contribution in [0.2, 0.25) is 0 Å². The molecule has 2 nitrogen and oxygen atoms in total. The average Bonchev–Trinajstić information content (AvgIpc) is 3.25. The summed E-state index contributed by atoms with van der Waals surface area (Å²) < 4.78 is 0. The summed E-state index contributed by atoms with van der Waals surface area (Å²) >= 11 is 2.28. The minimum atomic E-state index is -0.00678. The van der Waals surface area contributed by atoms with Gasteiger partial charge in [-0.05, 0) is 87.0 Å². The maximum Gasteiger partial charge on any atom is 0.139 e. The highest BCUT2D eigenvalue weighted by molar-refractivity contribution is 8.00. The summed E-state index contributed by atoms with van der Waals surface area (Å²) in [6.07, 6.45) is 11.1. The first-order chi connectivity index (χ1) is 12.9. The van der Waals surface area contributed by atoms with Crippen molar-refractivity contribution in [1.82, 2.24) is 5.32 Å². The Balaban J connectivity index is 1.35. The van der Waals surface area contributed by atoms with Crippen molar-refractivity contribution < 1.29 is 4.79 Å². The maximum absolute atomic E-state index is 12.6. The molecule has 8 atom stereocenters. The van der Waals surface area contributed by atoms with Crippen LogP contribution in [-0.4, -0.2) is 29.4 Å². The molecule has 1 aliphatic heterocycles. The average molecular weight is 388 g/mol. The number of hydrogen-bond acceptors (Lipinski definition) is 3. The molecule has 4 aliphatic carbocycles. The summed E-state index contributed by atoms with van der Waals surface area (Å²) in [4.78, 5) is 12.6. The third-order valence-electron chi connectivity index (χ3n) is 9.68. The van der Waals surface area contributed by atoms with Crippen molar-refractivity contribution in [3.05, 3.63) is 12.2 Å². The molecule has 0 spiro atoms. The topological polar surface area (TPSA) is 29.1 Å². The van der Waals surface area contributed by atoms with Crippen LogP contribution >= 0.6 is 11.8 Å². The lowest BCUT2D eigenvalue weighted by Gasteiger charge is -2.61. The van der Waals surface area contributed by atoms with E-state index in [2.05, 4.69) is 37.5 Å². The van der Waals surface area contributed by atoms with Crippen molar-refractivity contribution in [2.75, 3.05) is 13.1 Å². The Morgan fingerprint density at radius 3 is 2.70 bits per heavy atom. The number of carbonyl (C=O) groups excluding carboxylic acids is 1. The quantitative estimate of drug-likeness (QED) is 0.658. The van der Waals surface area contributed by atoms with Crippen molar-refractivity contribution in [3.63, 3.8) is 0 Å². The molecule has 0 aromatic rings. The Morgan fingerprint density at radius 1 is 1.07 bits per heavy atom. The molecule has 0 bridgehead atoms. The van der Waals surface area contributed by atoms with E-state index in [-0.39, 0.29) is 5.41 Å². The second-order valence-corrected chi connectivity index (χ2v) is 12.5. The molecule has 5 rings (SSSR count). The highest BCUT2D eigenvalue weighted by Crippen LogP contribution is 2.66. The van der Waals surface area contributed by atoms with Crippen molar-refractivity contribution in [2.24, 2.45) is 34.5 Å². The van der Waals surface area contributed by atoms with Crippen molar-refractivity contribution in [1.29, 1.82) is 0 Å². The van der Waals surface area contributed by atoms with Crippen molar-refractivity contribution >= 4 is 17.5 Å². The number of thioether (sulfide) groups is 1. The maximum atomic E-state index is 12.6. The zero-order valence-electron chi connectivity index (χ0n) is 17.3. The molecule has 2 unspecified atom stereocenters. The van der Waals surface area contributed by atoms with Crippen LogP contribution in [0.4, 0.5) is 0 Å². The van der Waals surface area contributed by atoms with Gasteiger partial charge in [-0.1, -0.05) is 26.0 Å². The van der Waals surface area contributed by atoms with Crippen LogP contribution in [0.15, 0.2) is 12.2 Å². The van der Waals surface area contributed by atoms with Gasteiger partial charge in [0.05, 0.1) is 0 Å². The van der Waals surface area contributed by atoms with Gasteiger partial charge in [0, 0.05) is 28.9 Å². The molecule has 5 fully saturated rings. The number of fused-ring (bicyclic) bond motifs is 5. The molecule has 1 N–H and O–H groups in total. The van der Waals surface area contributed by atoms with E-state index in [1.807, 2.05) is 0 Å². The van der Waals surface area contributed by atoms with Crippen LogP contribution in [-0.2, 0) is 4.79 Å². The van der Waals surface area contributed by atoms with Crippen LogP contribution in [0.3, 0.4) is 0 Å². The van der Waals surface area contributed by atoms with Gasteiger partial charge in [0.2, 0.25) is 0 Å². The SMILES string of the molecule is C=C1C[C@@H]2[C@H](CC[C@]3(C)C(=O)CC[C@@H]23)[C@@]2(C)CC[C@@H](SC3CCNC3)CC12. The number of nitrogens with one attached hydrogen (secondary N) is 1. The predicted molar refractivity (Wildman–Crippen MR) is 114 cm³/mol. The van der Waals surface area contributed by atoms with Gasteiger partial charge in [0.25, 0.3) is 0 Å². The molecule has 27 heavy (non-hydrogen) atoms. The molecule has 0 amide bonds. The standard InChI is InChI=1S/C24H37NOS/c1-15-12-18-19-4-5-22(26)24(19,3)10-7-20(18)23(2)9-6-16(13-21(15)23)27-17-8-11-25-14-17/h16-21,25H,1,4-14H2,2-3H3/t16-,17?,18+,19+,20+,21?,23-,24+/m1/s1. The molecule has 4 saturated carbocycles. The van der Waals surface area contributed by atoms with E-state index in [0.29, 0.717) is 17.1 Å². The Bertz CT molecular complexity index is 640. The molecule has 150 valence electrons. The van der Waals surface area contributed by atoms with Crippen LogP contribution < -0.4 is 5.32 Å². The monoisotopic (exact) mass is 387 g/mol. The third-order valence-corrected chi connectivity index (χ3v) is 11.3. The van der Waals surface area contributed by atoms with Crippen LogP contribution in [0, 0.1) is 34.5 Å². The highest BCUT2D eigenvalue weighted by atomic mass is 32.2. The molecule has 1 heterocycles. The largest absolute Gasteiger partial charge is 0.316 e. The fourth-order valence-corrected chi connectivity index (χ4v) is 9.69. The first-order valence-electron chi connectivity index (χ1n) is 11.5. The second kappa shape index (κ2) is 6.62. The van der Waals surface area contributed by atoms with Gasteiger partial charge in [-0.25, -0.2) is 0 Å². The molecule has 5 aliphatic rings. The summed E-state index contributed by atoms with van der Waals surface area (Å²) in [6.45, 7) is 12.0. The highest BCUT2D eigenvalue weighted by Gasteiger charge is 2.61. The van der Waals surface area contributed by atoms with E-state index in [9.17, 15) is 4.79 Å². The van der Waals surface area contributed by atoms with Crippen LogP contribution in [0.1, 0.15) is 71.6 Å². The lowest BCUT2D eigenvalue weighted by Crippen LogP contribution is -2.54. The van der Waals surface area contributed by atoms with E-state index in [1.165, 1.54) is 57.2 Å². The van der Waals surface area contributed by atoms with Gasteiger partial charge in [0.15, 0.2) is 0 Å². The molecular weight excluding hydrogens is 350 g/mol. The number of rotatable bonds is 2. The Hall–Kier alpha value is -0.280. The summed E-state index contributed by atoms with van der Waals surface area (Å²) in [5.41, 5.74) is 1.97. The molecule has 1 saturated heterocycles. The molecule has 0 radical (unpaired) electrons. The lowest BCUT2D eigenvalue weighted by atomic mass is 9.44. The van der Waals surface area contributed by atoms with Crippen LogP contribution in [0.5, 0.6) is 0 Å². The van der Waals surface area contributed by atoms with Crippen molar-refractivity contribution in [3.8, 4) is 0 Å². The number of ketones is 1. The number of allylic oxidation sites excluding steroid dienone is 1. The zero-order valence-corrected chi connectivity index (χ0v) is 18.1. The van der Waals surface area contributed by atoms with E-state index in [4.69, 9.17) is 0 Å². The van der Waals surface area contributed by atoms with E-state index >= 15 is 0 Å². The number of carbonyl (C=O) groups is 1. The lowest BCUT2D eigenvalue weighted by molar-refractivity contribution is -0.135. The van der Waals surface area contributed by atoms with Gasteiger partial charge in [-0.15, -0.1) is 0 Å². The van der Waals surface area contributed by atoms with E-state index in [0.717, 1.165) is 47.5 Å². The van der Waals surface area contributed by atoms with Gasteiger partial charge in [-0.2, -0.15) is 11.8 Å². The second-order valence-electron chi connectivity index (χ2n) is 10.9. The Labute approximate surface area is 169 Å². The summed E-state index contributed by atoms with van der Waals surface area (Å²) in [6, 6.07) is 0. The Kier molecular flexibility index (Phi) is 4.59. The molecular formula is C24H37NOS. The van der Waals surface area contributed by atoms with Crippen LogP contribution in [0.25, 0.3) is 0 Å². The fraction of sp³-hybridized carbons (Fsp3) is 0.875. The van der Waals surface area contributed by atoms with E-state index < -0.39 is 0 Å². The summed E-state index contributed by atoms with van der Waals surface area (Å²) in [5, 5.41) is 5.21. The zero-order chi connectivity index (χ0) is 18.8. The van der Waals surface area contributed by atoms with Gasteiger partial charge in [-0.3, -0.25) is 4.79 Å². The number of hydrogen-bond donors (Lipinski definition) is 1. The molecule has 0 aromatic heterocycles. The van der Waals surface area contributed by atoms with Crippen molar-refractivity contribution in [2.45, 2.75) is 82.1 Å². The first-order valence-corrected chi connectivity index (χ1v) is 12.4. The van der Waals surface area contributed by atoms with Gasteiger partial charge in [0.1, 0.15) is 5.78 Å². The van der Waals surface area contributed by atoms with Gasteiger partial charge < -0.3 is 5.32 Å². The number of Topliss-reactive ketones (excluding diaryl/α,β-unsaturated/α-hetero) is 1. The predicted octanol–water partition coefficient (Wildman–Crippen LogP) is 5.23. The minimum absolute atomic E-state index is 0.00678. The van der Waals surface area contributed by atoms with Gasteiger partial charge >= 0.3 is 0 Å². The summed E-state index contributed by atoms with van der Waals surface area (Å²) in [7, 11) is 0. The molecule has 0 aromatic carbocycles. The minimum Gasteiger partial charge on any atom is -0.316 e. The third kappa shape index (κ3) is 2.81.